The maximum absolute atomic E-state index is 12.5. The molecular formula is C21H21NO2. The van der Waals surface area contributed by atoms with E-state index in [1.54, 1.807) is 6.92 Å². The minimum Gasteiger partial charge on any atom is -0.480 e. The highest BCUT2D eigenvalue weighted by molar-refractivity contribution is 5.95. The molecule has 0 aliphatic carbocycles. The van der Waals surface area contributed by atoms with Crippen molar-refractivity contribution in [2.45, 2.75) is 26.4 Å². The Labute approximate surface area is 142 Å². The largest absolute Gasteiger partial charge is 0.480 e. The Morgan fingerprint density at radius 1 is 1.00 bits per heavy atom. The first-order valence-corrected chi connectivity index (χ1v) is 8.22. The zero-order valence-electron chi connectivity index (χ0n) is 14.0. The molecule has 0 aliphatic heterocycles. The van der Waals surface area contributed by atoms with Crippen LogP contribution in [0.4, 0.5) is 5.69 Å². The number of anilines is 1. The fraction of sp³-hybridized carbons (Fsp3) is 0.190. The van der Waals surface area contributed by atoms with Crippen LogP contribution < -0.4 is 10.1 Å². The average molecular weight is 319 g/mol. The highest BCUT2D eigenvalue weighted by Crippen LogP contribution is 2.26. The highest BCUT2D eigenvalue weighted by atomic mass is 16.5. The van der Waals surface area contributed by atoms with Crippen LogP contribution in [0.1, 0.15) is 19.4 Å². The van der Waals surface area contributed by atoms with Crippen molar-refractivity contribution in [2.24, 2.45) is 0 Å². The number of aryl methyl sites for hydroxylation is 1. The van der Waals surface area contributed by atoms with E-state index in [9.17, 15) is 4.79 Å². The van der Waals surface area contributed by atoms with Crippen molar-refractivity contribution in [1.29, 1.82) is 0 Å². The van der Waals surface area contributed by atoms with E-state index in [0.717, 1.165) is 34.2 Å². The molecule has 24 heavy (non-hydrogen) atoms. The van der Waals surface area contributed by atoms with E-state index in [-0.39, 0.29) is 5.91 Å². The van der Waals surface area contributed by atoms with Gasteiger partial charge in [-0.15, -0.1) is 0 Å². The van der Waals surface area contributed by atoms with Crippen molar-refractivity contribution < 1.29 is 9.53 Å². The summed E-state index contributed by atoms with van der Waals surface area (Å²) >= 11 is 0. The van der Waals surface area contributed by atoms with Gasteiger partial charge in [0.25, 0.3) is 5.91 Å². The molecule has 3 rings (SSSR count). The van der Waals surface area contributed by atoms with Crippen LogP contribution in [0, 0.1) is 0 Å². The number of carbonyl (C=O) groups is 1. The van der Waals surface area contributed by atoms with E-state index in [1.807, 2.05) is 66.7 Å². The number of benzene rings is 3. The second-order valence-electron chi connectivity index (χ2n) is 5.74. The van der Waals surface area contributed by atoms with Gasteiger partial charge < -0.3 is 10.1 Å². The van der Waals surface area contributed by atoms with Crippen LogP contribution in [-0.4, -0.2) is 12.0 Å². The lowest BCUT2D eigenvalue weighted by Crippen LogP contribution is -2.30. The summed E-state index contributed by atoms with van der Waals surface area (Å²) in [5, 5.41) is 5.07. The van der Waals surface area contributed by atoms with Crippen molar-refractivity contribution in [1.82, 2.24) is 0 Å². The molecule has 0 saturated heterocycles. The Morgan fingerprint density at radius 2 is 1.71 bits per heavy atom. The molecular weight excluding hydrogens is 298 g/mol. The van der Waals surface area contributed by atoms with Crippen LogP contribution in [0.3, 0.4) is 0 Å². The summed E-state index contributed by atoms with van der Waals surface area (Å²) in [6, 6.07) is 21.7. The normalized spacial score (nSPS) is 11.9. The topological polar surface area (TPSA) is 38.3 Å². The lowest BCUT2D eigenvalue weighted by atomic mass is 10.1. The number of carbonyl (C=O) groups excluding carboxylic acids is 1. The van der Waals surface area contributed by atoms with Gasteiger partial charge in [-0.3, -0.25) is 4.79 Å². The molecule has 1 N–H and O–H groups in total. The summed E-state index contributed by atoms with van der Waals surface area (Å²) in [5.41, 5.74) is 1.96. The first kappa shape index (κ1) is 16.1. The zero-order valence-corrected chi connectivity index (χ0v) is 14.0. The van der Waals surface area contributed by atoms with E-state index >= 15 is 0 Å². The Balaban J connectivity index is 1.76. The number of fused-ring (bicyclic) bond motifs is 1. The van der Waals surface area contributed by atoms with Crippen molar-refractivity contribution >= 4 is 22.4 Å². The molecule has 1 amide bonds. The summed E-state index contributed by atoms with van der Waals surface area (Å²) in [4.78, 5) is 12.5. The third kappa shape index (κ3) is 3.40. The van der Waals surface area contributed by atoms with Crippen LogP contribution in [0.25, 0.3) is 10.8 Å². The first-order valence-electron chi connectivity index (χ1n) is 8.22. The van der Waals surface area contributed by atoms with E-state index in [0.29, 0.717) is 0 Å². The number of hydrogen-bond acceptors (Lipinski definition) is 2. The maximum Gasteiger partial charge on any atom is 0.265 e. The van der Waals surface area contributed by atoms with Crippen LogP contribution in [0.5, 0.6) is 5.75 Å². The van der Waals surface area contributed by atoms with Crippen molar-refractivity contribution in [3.63, 3.8) is 0 Å². The monoisotopic (exact) mass is 319 g/mol. The number of amides is 1. The second kappa shape index (κ2) is 7.18. The van der Waals surface area contributed by atoms with Crippen molar-refractivity contribution in [3.8, 4) is 5.75 Å². The maximum atomic E-state index is 12.5. The smallest absolute Gasteiger partial charge is 0.265 e. The van der Waals surface area contributed by atoms with E-state index in [4.69, 9.17) is 4.74 Å². The quantitative estimate of drug-likeness (QED) is 0.733. The van der Waals surface area contributed by atoms with E-state index in [1.165, 1.54) is 0 Å². The number of hydrogen-bond donors (Lipinski definition) is 1. The predicted octanol–water partition coefficient (Wildman–Crippen LogP) is 4.81. The lowest BCUT2D eigenvalue weighted by Gasteiger charge is -2.17. The van der Waals surface area contributed by atoms with Gasteiger partial charge in [-0.1, -0.05) is 61.5 Å². The Bertz CT molecular complexity index is 852. The minimum absolute atomic E-state index is 0.149. The van der Waals surface area contributed by atoms with Gasteiger partial charge in [0.05, 0.1) is 0 Å². The fourth-order valence-electron chi connectivity index (χ4n) is 2.73. The summed E-state index contributed by atoms with van der Waals surface area (Å²) in [5.74, 6) is 0.573. The van der Waals surface area contributed by atoms with Gasteiger partial charge in [-0.25, -0.2) is 0 Å². The van der Waals surface area contributed by atoms with Gasteiger partial charge in [-0.05, 0) is 36.4 Å². The molecule has 0 aliphatic rings. The molecule has 1 atom stereocenters. The second-order valence-corrected chi connectivity index (χ2v) is 5.74. The van der Waals surface area contributed by atoms with Gasteiger partial charge in [0.2, 0.25) is 0 Å². The van der Waals surface area contributed by atoms with Gasteiger partial charge in [0.15, 0.2) is 6.10 Å². The molecule has 0 fully saturated rings. The summed E-state index contributed by atoms with van der Waals surface area (Å²) in [6.45, 7) is 3.84. The molecule has 0 spiro atoms. The molecule has 0 heterocycles. The Hall–Kier alpha value is -2.81. The van der Waals surface area contributed by atoms with Crippen LogP contribution in [0.2, 0.25) is 0 Å². The zero-order chi connectivity index (χ0) is 16.9. The van der Waals surface area contributed by atoms with Gasteiger partial charge in [0.1, 0.15) is 5.75 Å². The summed E-state index contributed by atoms with van der Waals surface area (Å²) < 4.78 is 5.92. The average Bonchev–Trinajstić information content (AvgIpc) is 2.62. The molecule has 0 unspecified atom stereocenters. The molecule has 0 aromatic heterocycles. The molecule has 3 heteroatoms. The van der Waals surface area contributed by atoms with Crippen molar-refractivity contribution in [3.05, 3.63) is 72.3 Å². The summed E-state index contributed by atoms with van der Waals surface area (Å²) in [7, 11) is 0. The standard InChI is InChI=1S/C21H21NO2/c1-3-16-9-5-7-13-19(16)22-21(23)15(2)24-20-14-8-11-17-10-4-6-12-18(17)20/h4-15H,3H2,1-2H3,(H,22,23)/t15-/m0/s1. The SMILES string of the molecule is CCc1ccccc1NC(=O)[C@H](C)Oc1cccc2ccccc12. The van der Waals surface area contributed by atoms with Crippen molar-refractivity contribution in [2.75, 3.05) is 5.32 Å². The van der Waals surface area contributed by atoms with Gasteiger partial charge in [-0.2, -0.15) is 0 Å². The molecule has 3 aromatic carbocycles. The van der Waals surface area contributed by atoms with E-state index < -0.39 is 6.10 Å². The molecule has 3 nitrogen and oxygen atoms in total. The number of rotatable bonds is 5. The first-order chi connectivity index (χ1) is 11.7. The van der Waals surface area contributed by atoms with Crippen LogP contribution in [-0.2, 0) is 11.2 Å². The van der Waals surface area contributed by atoms with Gasteiger partial charge >= 0.3 is 0 Å². The molecule has 0 radical (unpaired) electrons. The molecule has 0 saturated carbocycles. The predicted molar refractivity (Wildman–Crippen MR) is 98.5 cm³/mol. The Morgan fingerprint density at radius 3 is 2.54 bits per heavy atom. The van der Waals surface area contributed by atoms with E-state index in [2.05, 4.69) is 12.2 Å². The number of nitrogens with one attached hydrogen (secondary N) is 1. The highest BCUT2D eigenvalue weighted by Gasteiger charge is 2.17. The van der Waals surface area contributed by atoms with Gasteiger partial charge in [0, 0.05) is 11.1 Å². The third-order valence-electron chi connectivity index (χ3n) is 4.08. The number of ether oxygens (including phenoxy) is 1. The molecule has 0 bridgehead atoms. The van der Waals surface area contributed by atoms with Crippen LogP contribution in [0.15, 0.2) is 66.7 Å². The lowest BCUT2D eigenvalue weighted by molar-refractivity contribution is -0.122. The number of para-hydroxylation sites is 1. The summed E-state index contributed by atoms with van der Waals surface area (Å²) in [6.07, 6.45) is 0.287. The fourth-order valence-corrected chi connectivity index (χ4v) is 2.73. The minimum atomic E-state index is -0.583. The molecule has 3 aromatic rings. The Kier molecular flexibility index (Phi) is 4.80. The van der Waals surface area contributed by atoms with Crippen LogP contribution >= 0.6 is 0 Å². The molecule has 122 valence electrons. The third-order valence-corrected chi connectivity index (χ3v) is 4.08.